The van der Waals surface area contributed by atoms with Crippen LogP contribution in [0.3, 0.4) is 0 Å². The Morgan fingerprint density at radius 3 is 2.79 bits per heavy atom. The van der Waals surface area contributed by atoms with Gasteiger partial charge in [0.1, 0.15) is 0 Å². The van der Waals surface area contributed by atoms with Gasteiger partial charge in [-0.05, 0) is 81.9 Å². The lowest BCUT2D eigenvalue weighted by Crippen LogP contribution is -2.76. The third-order valence-electron chi connectivity index (χ3n) is 9.75. The van der Waals surface area contributed by atoms with Gasteiger partial charge in [-0.1, -0.05) is 13.0 Å². The van der Waals surface area contributed by atoms with E-state index in [-0.39, 0.29) is 36.5 Å². The van der Waals surface area contributed by atoms with E-state index in [9.17, 15) is 19.5 Å². The number of aliphatic carboxylic acids is 1. The highest BCUT2D eigenvalue weighted by Gasteiger charge is 2.73. The van der Waals surface area contributed by atoms with Crippen LogP contribution in [0, 0.1) is 11.8 Å². The Hall–Kier alpha value is -2.65. The first-order valence-corrected chi connectivity index (χ1v) is 14.2. The second-order valence-electron chi connectivity index (χ2n) is 11.8. The van der Waals surface area contributed by atoms with Crippen LogP contribution in [0.2, 0.25) is 0 Å². The van der Waals surface area contributed by atoms with Gasteiger partial charge in [-0.15, -0.1) is 0 Å². The summed E-state index contributed by atoms with van der Waals surface area (Å²) < 4.78 is 17.1. The molecule has 2 N–H and O–H groups in total. The molecule has 1 saturated heterocycles. The molecule has 5 atom stereocenters. The first-order chi connectivity index (χ1) is 18.3. The molecule has 2 aliphatic heterocycles. The standard InChI is InChI=1S/C29H37NO8/c1-2-18(26(32)33)5-3-4-14-36-27(34)37-21-9-8-19-15-22-29(35)11-10-20(31)25-28(29,23(19)24(21)38-25)12-13-30(22)16-17-6-7-17/h8-9,17-18,22,25,35H,2-7,10-16H2,1H3,(H,32,33)/t18?,22-,25+,28+,29-/m1/s1. The van der Waals surface area contributed by atoms with E-state index in [0.29, 0.717) is 56.6 Å². The normalized spacial score (nSPS) is 31.8. The van der Waals surface area contributed by atoms with Crippen molar-refractivity contribution in [3.63, 3.8) is 0 Å². The minimum absolute atomic E-state index is 0.00612. The van der Waals surface area contributed by atoms with Gasteiger partial charge >= 0.3 is 12.1 Å². The maximum absolute atomic E-state index is 13.2. The SMILES string of the molecule is CCC(CCCCOC(=O)Oc1ccc2c3c1O[C@H]1C(=O)CC[C@@]4(O)[C@@H](C2)N(CC2CC2)CC[C@]314)C(=O)O. The molecule has 1 spiro atoms. The Bertz CT molecular complexity index is 1150. The number of hydrogen-bond acceptors (Lipinski definition) is 8. The molecule has 3 fully saturated rings. The van der Waals surface area contributed by atoms with Crippen molar-refractivity contribution in [3.05, 3.63) is 23.3 Å². The molecule has 9 heteroatoms. The zero-order valence-electron chi connectivity index (χ0n) is 21.9. The molecule has 38 heavy (non-hydrogen) atoms. The van der Waals surface area contributed by atoms with Gasteiger partial charge in [0.25, 0.3) is 0 Å². The summed E-state index contributed by atoms with van der Waals surface area (Å²) in [5, 5.41) is 21.5. The number of benzene rings is 1. The van der Waals surface area contributed by atoms with Crippen molar-refractivity contribution in [1.29, 1.82) is 0 Å². The zero-order chi connectivity index (χ0) is 26.7. The van der Waals surface area contributed by atoms with Crippen molar-refractivity contribution in [2.45, 2.75) is 94.3 Å². The van der Waals surface area contributed by atoms with Gasteiger partial charge in [0, 0.05) is 24.6 Å². The molecule has 0 aromatic heterocycles. The summed E-state index contributed by atoms with van der Waals surface area (Å²) in [4.78, 5) is 39.3. The number of ketones is 1. The van der Waals surface area contributed by atoms with Crippen LogP contribution < -0.4 is 9.47 Å². The number of ether oxygens (including phenoxy) is 3. The monoisotopic (exact) mass is 527 g/mol. The highest BCUT2D eigenvalue weighted by molar-refractivity contribution is 5.90. The van der Waals surface area contributed by atoms with Crippen LogP contribution in [0.1, 0.15) is 75.8 Å². The molecule has 6 rings (SSSR count). The maximum Gasteiger partial charge on any atom is 0.513 e. The number of likely N-dealkylation sites (tertiary alicyclic amines) is 1. The van der Waals surface area contributed by atoms with Crippen LogP contribution >= 0.6 is 0 Å². The second kappa shape index (κ2) is 9.52. The van der Waals surface area contributed by atoms with Crippen molar-refractivity contribution < 1.29 is 38.8 Å². The van der Waals surface area contributed by atoms with Gasteiger partial charge in [0.15, 0.2) is 23.4 Å². The number of piperidine rings is 1. The van der Waals surface area contributed by atoms with E-state index in [1.165, 1.54) is 12.8 Å². The quantitative estimate of drug-likeness (QED) is 0.267. The number of Topliss-reactive ketones (excluding diaryl/α,β-unsaturated/α-hetero) is 1. The summed E-state index contributed by atoms with van der Waals surface area (Å²) in [6.07, 6.45) is 5.14. The molecular weight excluding hydrogens is 490 g/mol. The van der Waals surface area contributed by atoms with E-state index in [2.05, 4.69) is 4.90 Å². The van der Waals surface area contributed by atoms with E-state index in [4.69, 9.17) is 19.3 Å². The van der Waals surface area contributed by atoms with Crippen LogP contribution in [0.5, 0.6) is 11.5 Å². The fourth-order valence-electron chi connectivity index (χ4n) is 7.60. The summed E-state index contributed by atoms with van der Waals surface area (Å²) in [6, 6.07) is 3.59. The topological polar surface area (TPSA) is 123 Å². The smallest absolute Gasteiger partial charge is 0.481 e. The van der Waals surface area contributed by atoms with Crippen LogP contribution in [0.15, 0.2) is 12.1 Å². The van der Waals surface area contributed by atoms with Crippen LogP contribution in [-0.4, -0.2) is 70.5 Å². The number of carboxylic acid groups (broad SMARTS) is 1. The highest BCUT2D eigenvalue weighted by Crippen LogP contribution is 2.65. The molecule has 206 valence electrons. The van der Waals surface area contributed by atoms with E-state index in [1.54, 1.807) is 6.07 Å². The summed E-state index contributed by atoms with van der Waals surface area (Å²) in [5.41, 5.74) is 0.00339. The summed E-state index contributed by atoms with van der Waals surface area (Å²) in [5.74, 6) is 0.112. The molecule has 5 aliphatic rings. The molecule has 2 heterocycles. The van der Waals surface area contributed by atoms with Crippen molar-refractivity contribution in [2.75, 3.05) is 19.7 Å². The lowest BCUT2D eigenvalue weighted by Gasteiger charge is -2.62. The number of rotatable bonds is 10. The lowest BCUT2D eigenvalue weighted by molar-refractivity contribution is -0.188. The molecule has 9 nitrogen and oxygen atoms in total. The molecule has 1 unspecified atom stereocenters. The summed E-state index contributed by atoms with van der Waals surface area (Å²) >= 11 is 0. The first kappa shape index (κ1) is 25.6. The number of unbranched alkanes of at least 4 members (excludes halogenated alkanes) is 1. The predicted molar refractivity (Wildman–Crippen MR) is 135 cm³/mol. The highest BCUT2D eigenvalue weighted by atomic mass is 16.7. The summed E-state index contributed by atoms with van der Waals surface area (Å²) in [6.45, 7) is 3.77. The second-order valence-corrected chi connectivity index (χ2v) is 11.8. The Morgan fingerprint density at radius 2 is 2.05 bits per heavy atom. The Labute approximate surface area is 222 Å². The average Bonchev–Trinajstić information content (AvgIpc) is 3.63. The molecule has 3 aliphatic carbocycles. The first-order valence-electron chi connectivity index (χ1n) is 14.2. The van der Waals surface area contributed by atoms with Gasteiger partial charge in [-0.3, -0.25) is 14.5 Å². The minimum atomic E-state index is -1.07. The number of aliphatic hydroxyl groups is 1. The number of carbonyl (C=O) groups excluding carboxylic acids is 2. The lowest BCUT2D eigenvalue weighted by atomic mass is 9.49. The summed E-state index contributed by atoms with van der Waals surface area (Å²) in [7, 11) is 0. The predicted octanol–water partition coefficient (Wildman–Crippen LogP) is 3.62. The van der Waals surface area contributed by atoms with Gasteiger partial charge < -0.3 is 24.4 Å². The molecule has 2 saturated carbocycles. The largest absolute Gasteiger partial charge is 0.513 e. The van der Waals surface area contributed by atoms with Gasteiger partial charge in [0.2, 0.25) is 0 Å². The van der Waals surface area contributed by atoms with Gasteiger partial charge in [-0.2, -0.15) is 0 Å². The van der Waals surface area contributed by atoms with Gasteiger partial charge in [0.05, 0.1) is 23.5 Å². The molecule has 0 radical (unpaired) electrons. The van der Waals surface area contributed by atoms with E-state index in [0.717, 1.165) is 24.2 Å². The van der Waals surface area contributed by atoms with Crippen molar-refractivity contribution in [2.24, 2.45) is 11.8 Å². The average molecular weight is 528 g/mol. The van der Waals surface area contributed by atoms with Crippen LogP contribution in [0.4, 0.5) is 4.79 Å². The van der Waals surface area contributed by atoms with Crippen molar-refractivity contribution in [3.8, 4) is 11.5 Å². The molecular formula is C29H37NO8. The number of carbonyl (C=O) groups is 3. The van der Waals surface area contributed by atoms with E-state index < -0.39 is 29.2 Å². The molecule has 1 aromatic rings. The number of nitrogens with zero attached hydrogens (tertiary/aromatic N) is 1. The zero-order valence-corrected chi connectivity index (χ0v) is 21.9. The molecule has 1 aromatic carbocycles. The fraction of sp³-hybridized carbons (Fsp3) is 0.690. The Balaban J connectivity index is 1.19. The van der Waals surface area contributed by atoms with Gasteiger partial charge in [-0.25, -0.2) is 4.79 Å². The molecule has 0 amide bonds. The number of hydrogen-bond donors (Lipinski definition) is 2. The Morgan fingerprint density at radius 1 is 1.24 bits per heavy atom. The van der Waals surface area contributed by atoms with Crippen molar-refractivity contribution in [1.82, 2.24) is 4.90 Å². The van der Waals surface area contributed by atoms with Crippen LogP contribution in [0.25, 0.3) is 0 Å². The van der Waals surface area contributed by atoms with Crippen LogP contribution in [-0.2, 0) is 26.2 Å². The number of carboxylic acids is 1. The van der Waals surface area contributed by atoms with E-state index >= 15 is 0 Å². The fourth-order valence-corrected chi connectivity index (χ4v) is 7.60. The third kappa shape index (κ3) is 3.92. The van der Waals surface area contributed by atoms with E-state index in [1.807, 2.05) is 13.0 Å². The Kier molecular flexibility index (Phi) is 6.42. The maximum atomic E-state index is 13.2. The van der Waals surface area contributed by atoms with Crippen molar-refractivity contribution >= 4 is 17.9 Å². The molecule has 2 bridgehead atoms. The third-order valence-corrected chi connectivity index (χ3v) is 9.75. The minimum Gasteiger partial charge on any atom is -0.481 e.